The maximum atomic E-state index is 11.8. The topological polar surface area (TPSA) is 66.8 Å². The normalized spacial score (nSPS) is 26.4. The number of ether oxygens (including phenoxy) is 1. The summed E-state index contributed by atoms with van der Waals surface area (Å²) in [7, 11) is 0. The number of morpholine rings is 1. The van der Waals surface area contributed by atoms with Gasteiger partial charge in [0.2, 0.25) is 5.91 Å². The van der Waals surface area contributed by atoms with E-state index in [1.165, 1.54) is 6.08 Å². The van der Waals surface area contributed by atoms with Crippen molar-refractivity contribution >= 4 is 11.9 Å². The zero-order valence-corrected chi connectivity index (χ0v) is 9.72. The van der Waals surface area contributed by atoms with Crippen molar-refractivity contribution in [2.45, 2.75) is 37.3 Å². The van der Waals surface area contributed by atoms with Crippen LogP contribution in [0.5, 0.6) is 0 Å². The van der Waals surface area contributed by atoms with E-state index in [0.29, 0.717) is 13.2 Å². The van der Waals surface area contributed by atoms with Gasteiger partial charge in [-0.1, -0.05) is 6.58 Å². The molecule has 1 saturated carbocycles. The number of carboxylic acid groups (broad SMARTS) is 1. The van der Waals surface area contributed by atoms with Crippen molar-refractivity contribution in [1.82, 2.24) is 4.90 Å². The van der Waals surface area contributed by atoms with Crippen molar-refractivity contribution in [3.63, 3.8) is 0 Å². The quantitative estimate of drug-likeness (QED) is 0.740. The second-order valence-electron chi connectivity index (χ2n) is 4.76. The predicted octanol–water partition coefficient (Wildman–Crippen LogP) is 0.797. The molecule has 1 atom stereocenters. The maximum Gasteiger partial charge on any atom is 0.306 e. The Kier molecular flexibility index (Phi) is 3.19. The first-order valence-corrected chi connectivity index (χ1v) is 5.85. The molecule has 0 aromatic rings. The molecule has 0 bridgehead atoms. The fraction of sp³-hybridized carbons (Fsp3) is 0.667. The smallest absolute Gasteiger partial charge is 0.306 e. The minimum absolute atomic E-state index is 0.0585. The average molecular weight is 239 g/mol. The van der Waals surface area contributed by atoms with Crippen LogP contribution in [0.2, 0.25) is 0 Å². The van der Waals surface area contributed by atoms with E-state index in [0.717, 1.165) is 19.3 Å². The fourth-order valence-electron chi connectivity index (χ4n) is 2.55. The number of aliphatic carboxylic acids is 1. The number of carbonyl (C=O) groups is 2. The summed E-state index contributed by atoms with van der Waals surface area (Å²) in [6.45, 7) is 4.30. The lowest BCUT2D eigenvalue weighted by atomic mass is 9.74. The fourth-order valence-corrected chi connectivity index (χ4v) is 2.55. The predicted molar refractivity (Wildman–Crippen MR) is 60.5 cm³/mol. The first kappa shape index (κ1) is 12.1. The van der Waals surface area contributed by atoms with Crippen molar-refractivity contribution in [3.8, 4) is 0 Å². The zero-order valence-electron chi connectivity index (χ0n) is 9.72. The molecule has 1 heterocycles. The molecule has 1 N–H and O–H groups in total. The Hall–Kier alpha value is -1.36. The Bertz CT molecular complexity index is 348. The third-order valence-electron chi connectivity index (χ3n) is 3.67. The minimum atomic E-state index is -0.898. The molecule has 1 amide bonds. The Balaban J connectivity index is 2.07. The summed E-state index contributed by atoms with van der Waals surface area (Å²) in [5.74, 6) is -1.02. The van der Waals surface area contributed by atoms with Crippen molar-refractivity contribution in [1.29, 1.82) is 0 Å². The molecule has 1 saturated heterocycles. The first-order chi connectivity index (χ1) is 8.07. The van der Waals surface area contributed by atoms with Gasteiger partial charge in [-0.15, -0.1) is 0 Å². The van der Waals surface area contributed by atoms with Gasteiger partial charge >= 0.3 is 5.97 Å². The molecule has 94 valence electrons. The number of carbonyl (C=O) groups excluding carboxylic acids is 1. The average Bonchev–Trinajstić information content (AvgIpc) is 2.25. The summed E-state index contributed by atoms with van der Waals surface area (Å²) in [4.78, 5) is 24.2. The van der Waals surface area contributed by atoms with E-state index in [2.05, 4.69) is 6.58 Å². The van der Waals surface area contributed by atoms with Gasteiger partial charge in [0.05, 0.1) is 24.7 Å². The molecule has 1 aliphatic carbocycles. The van der Waals surface area contributed by atoms with E-state index in [9.17, 15) is 9.59 Å². The third-order valence-corrected chi connectivity index (χ3v) is 3.67. The van der Waals surface area contributed by atoms with Crippen molar-refractivity contribution < 1.29 is 19.4 Å². The van der Waals surface area contributed by atoms with Gasteiger partial charge < -0.3 is 14.7 Å². The van der Waals surface area contributed by atoms with Crippen LogP contribution in [0.3, 0.4) is 0 Å². The van der Waals surface area contributed by atoms with Gasteiger partial charge in [-0.3, -0.25) is 9.59 Å². The molecule has 0 aromatic carbocycles. The Morgan fingerprint density at radius 3 is 2.71 bits per heavy atom. The summed E-state index contributed by atoms with van der Waals surface area (Å²) in [6.07, 6.45) is 3.80. The van der Waals surface area contributed by atoms with Crippen LogP contribution in [-0.2, 0) is 14.3 Å². The van der Waals surface area contributed by atoms with Gasteiger partial charge in [0.25, 0.3) is 0 Å². The third kappa shape index (κ3) is 2.20. The van der Waals surface area contributed by atoms with Crippen LogP contribution in [0.1, 0.15) is 25.7 Å². The number of amides is 1. The molecular formula is C12H17NO4. The van der Waals surface area contributed by atoms with Gasteiger partial charge in [0.1, 0.15) is 0 Å². The van der Waals surface area contributed by atoms with E-state index in [4.69, 9.17) is 9.84 Å². The molecule has 1 spiro atoms. The van der Waals surface area contributed by atoms with Crippen LogP contribution < -0.4 is 0 Å². The summed E-state index contributed by atoms with van der Waals surface area (Å²) in [5, 5.41) is 8.75. The summed E-state index contributed by atoms with van der Waals surface area (Å²) >= 11 is 0. The van der Waals surface area contributed by atoms with E-state index >= 15 is 0 Å². The van der Waals surface area contributed by atoms with Crippen LogP contribution in [0.4, 0.5) is 0 Å². The highest BCUT2D eigenvalue weighted by Crippen LogP contribution is 2.41. The van der Waals surface area contributed by atoms with Crippen molar-refractivity contribution in [3.05, 3.63) is 12.7 Å². The van der Waals surface area contributed by atoms with Crippen molar-refractivity contribution in [2.24, 2.45) is 0 Å². The lowest BCUT2D eigenvalue weighted by molar-refractivity contribution is -0.171. The first-order valence-electron chi connectivity index (χ1n) is 5.85. The number of rotatable bonds is 3. The number of nitrogens with zero attached hydrogens (tertiary/aromatic N) is 1. The highest BCUT2D eigenvalue weighted by Gasteiger charge is 2.48. The summed E-state index contributed by atoms with van der Waals surface area (Å²) < 4.78 is 5.56. The molecular weight excluding hydrogens is 222 g/mol. The highest BCUT2D eigenvalue weighted by molar-refractivity contribution is 5.88. The van der Waals surface area contributed by atoms with Crippen molar-refractivity contribution in [2.75, 3.05) is 13.2 Å². The Labute approximate surface area is 100 Å². The molecule has 5 nitrogen and oxygen atoms in total. The molecule has 1 unspecified atom stereocenters. The largest absolute Gasteiger partial charge is 0.481 e. The highest BCUT2D eigenvalue weighted by atomic mass is 16.5. The number of hydrogen-bond acceptors (Lipinski definition) is 3. The SMILES string of the molecule is C=CC(=O)N1CC(CC(=O)O)OCC12CCC2. The van der Waals surface area contributed by atoms with Crippen LogP contribution in [0.15, 0.2) is 12.7 Å². The maximum absolute atomic E-state index is 11.8. The number of carboxylic acids is 1. The molecule has 5 heteroatoms. The molecule has 2 aliphatic rings. The second-order valence-corrected chi connectivity index (χ2v) is 4.76. The standard InChI is InChI=1S/C12H17NO4/c1-2-10(14)13-7-9(6-11(15)16)17-8-12(13)4-3-5-12/h2,9H,1,3-8H2,(H,15,16). The van der Waals surface area contributed by atoms with Crippen LogP contribution in [0.25, 0.3) is 0 Å². The number of hydrogen-bond donors (Lipinski definition) is 1. The Morgan fingerprint density at radius 2 is 2.24 bits per heavy atom. The van der Waals surface area contributed by atoms with Gasteiger partial charge in [-0.2, -0.15) is 0 Å². The van der Waals surface area contributed by atoms with Crippen LogP contribution >= 0.6 is 0 Å². The van der Waals surface area contributed by atoms with E-state index in [1.807, 2.05) is 0 Å². The van der Waals surface area contributed by atoms with E-state index < -0.39 is 12.1 Å². The van der Waals surface area contributed by atoms with Gasteiger partial charge in [0, 0.05) is 6.54 Å². The monoisotopic (exact) mass is 239 g/mol. The lowest BCUT2D eigenvalue weighted by Crippen LogP contribution is -2.64. The minimum Gasteiger partial charge on any atom is -0.481 e. The van der Waals surface area contributed by atoms with Gasteiger partial charge in [0.15, 0.2) is 0 Å². The molecule has 1 aliphatic heterocycles. The molecule has 2 fully saturated rings. The Morgan fingerprint density at radius 1 is 1.53 bits per heavy atom. The zero-order chi connectivity index (χ0) is 12.5. The molecule has 0 radical (unpaired) electrons. The lowest BCUT2D eigenvalue weighted by Gasteiger charge is -2.54. The van der Waals surface area contributed by atoms with Crippen LogP contribution in [0, 0.1) is 0 Å². The van der Waals surface area contributed by atoms with E-state index in [-0.39, 0.29) is 17.9 Å². The van der Waals surface area contributed by atoms with E-state index in [1.54, 1.807) is 4.90 Å². The second kappa shape index (κ2) is 4.49. The molecule has 2 rings (SSSR count). The van der Waals surface area contributed by atoms with Crippen LogP contribution in [-0.4, -0.2) is 46.7 Å². The molecule has 0 aromatic heterocycles. The van der Waals surface area contributed by atoms with Gasteiger partial charge in [-0.05, 0) is 25.3 Å². The summed E-state index contributed by atoms with van der Waals surface area (Å²) in [5.41, 5.74) is -0.194. The molecule has 17 heavy (non-hydrogen) atoms. The summed E-state index contributed by atoms with van der Waals surface area (Å²) in [6, 6.07) is 0. The van der Waals surface area contributed by atoms with Gasteiger partial charge in [-0.25, -0.2) is 0 Å².